The molecule has 1 aromatic carbocycles. The van der Waals surface area contributed by atoms with Gasteiger partial charge in [-0.3, -0.25) is 9.48 Å². The van der Waals surface area contributed by atoms with Crippen molar-refractivity contribution in [1.82, 2.24) is 19.8 Å². The summed E-state index contributed by atoms with van der Waals surface area (Å²) in [7, 11) is 3.41. The topological polar surface area (TPSA) is 64.2 Å². The normalized spacial score (nSPS) is 10.9. The largest absolute Gasteiger partial charge is 0.355 e. The van der Waals surface area contributed by atoms with Gasteiger partial charge in [0, 0.05) is 30.7 Å². The van der Waals surface area contributed by atoms with E-state index in [1.807, 2.05) is 0 Å². The van der Waals surface area contributed by atoms with E-state index in [-0.39, 0.29) is 18.1 Å². The van der Waals surface area contributed by atoms with Crippen LogP contribution in [0, 0.1) is 0 Å². The third-order valence-corrected chi connectivity index (χ3v) is 4.53. The number of rotatable bonds is 4. The smallest absolute Gasteiger partial charge is 0.276 e. The fourth-order valence-corrected chi connectivity index (χ4v) is 3.03. The SMILES string of the molecule is CN(Cc1c(Cl)cnn1C)C(=O)c1cc(-c2ccc(Cl)cc2Cl)on1. The molecule has 0 saturated heterocycles. The van der Waals surface area contributed by atoms with Gasteiger partial charge in [0.05, 0.1) is 28.5 Å². The first-order valence-electron chi connectivity index (χ1n) is 7.21. The highest BCUT2D eigenvalue weighted by Crippen LogP contribution is 2.31. The average molecular weight is 400 g/mol. The molecule has 2 heterocycles. The molecule has 0 N–H and O–H groups in total. The Morgan fingerprint density at radius 2 is 2.00 bits per heavy atom. The van der Waals surface area contributed by atoms with Gasteiger partial charge in [0.2, 0.25) is 0 Å². The summed E-state index contributed by atoms with van der Waals surface area (Å²) < 4.78 is 6.88. The molecule has 9 heteroatoms. The number of aryl methyl sites for hydroxylation is 1. The molecule has 0 aliphatic heterocycles. The van der Waals surface area contributed by atoms with Crippen LogP contribution in [0.1, 0.15) is 16.2 Å². The van der Waals surface area contributed by atoms with Crippen molar-refractivity contribution in [2.45, 2.75) is 6.54 Å². The fraction of sp³-hybridized carbons (Fsp3) is 0.188. The standard InChI is InChI=1S/C16H13Cl3N4O2/c1-22(8-14-12(19)7-20-23(14)2)16(24)13-6-15(25-21-13)10-4-3-9(17)5-11(10)18/h3-7H,8H2,1-2H3. The lowest BCUT2D eigenvalue weighted by Crippen LogP contribution is -2.27. The Kier molecular flexibility index (Phi) is 5.03. The number of carbonyl (C=O) groups excluding carboxylic acids is 1. The Labute approximate surface area is 158 Å². The van der Waals surface area contributed by atoms with E-state index in [2.05, 4.69) is 10.3 Å². The number of hydrogen-bond acceptors (Lipinski definition) is 4. The zero-order valence-electron chi connectivity index (χ0n) is 13.3. The molecule has 130 valence electrons. The third kappa shape index (κ3) is 3.66. The Hall–Kier alpha value is -2.02. The molecule has 0 spiro atoms. The molecule has 0 atom stereocenters. The molecule has 3 rings (SSSR count). The molecule has 25 heavy (non-hydrogen) atoms. The second kappa shape index (κ2) is 7.07. The number of hydrogen-bond donors (Lipinski definition) is 0. The second-order valence-corrected chi connectivity index (χ2v) is 6.68. The number of amides is 1. The summed E-state index contributed by atoms with van der Waals surface area (Å²) in [5, 5.41) is 9.31. The number of carbonyl (C=O) groups is 1. The predicted octanol–water partition coefficient (Wildman–Crippen LogP) is 4.31. The minimum Gasteiger partial charge on any atom is -0.355 e. The molecule has 0 aliphatic carbocycles. The fourth-order valence-electron chi connectivity index (χ4n) is 2.30. The summed E-state index contributed by atoms with van der Waals surface area (Å²) >= 11 is 18.1. The van der Waals surface area contributed by atoms with Crippen molar-refractivity contribution >= 4 is 40.7 Å². The number of halogens is 3. The molecule has 0 unspecified atom stereocenters. The molecular formula is C16H13Cl3N4O2. The van der Waals surface area contributed by atoms with E-state index in [4.69, 9.17) is 39.3 Å². The van der Waals surface area contributed by atoms with Gasteiger partial charge in [0.1, 0.15) is 0 Å². The van der Waals surface area contributed by atoms with Gasteiger partial charge in [0.25, 0.3) is 5.91 Å². The van der Waals surface area contributed by atoms with Crippen LogP contribution in [0.5, 0.6) is 0 Å². The zero-order chi connectivity index (χ0) is 18.1. The summed E-state index contributed by atoms with van der Waals surface area (Å²) in [5.41, 5.74) is 1.50. The first-order chi connectivity index (χ1) is 11.9. The van der Waals surface area contributed by atoms with Crippen molar-refractivity contribution in [3.63, 3.8) is 0 Å². The Bertz CT molecular complexity index is 916. The number of aromatic nitrogens is 3. The van der Waals surface area contributed by atoms with E-state index < -0.39 is 0 Å². The lowest BCUT2D eigenvalue weighted by molar-refractivity contribution is 0.0772. The summed E-state index contributed by atoms with van der Waals surface area (Å²) in [4.78, 5) is 14.0. The molecule has 0 fully saturated rings. The van der Waals surface area contributed by atoms with Crippen molar-refractivity contribution < 1.29 is 9.32 Å². The highest BCUT2D eigenvalue weighted by Gasteiger charge is 2.20. The summed E-state index contributed by atoms with van der Waals surface area (Å²) in [5.74, 6) is 0.0781. The van der Waals surface area contributed by atoms with Crippen LogP contribution in [-0.2, 0) is 13.6 Å². The van der Waals surface area contributed by atoms with Crippen molar-refractivity contribution in [2.24, 2.45) is 7.05 Å². The average Bonchev–Trinajstić information content (AvgIpc) is 3.16. The van der Waals surface area contributed by atoms with E-state index in [1.165, 1.54) is 11.1 Å². The van der Waals surface area contributed by atoms with Crippen molar-refractivity contribution in [1.29, 1.82) is 0 Å². The van der Waals surface area contributed by atoms with E-state index in [9.17, 15) is 4.79 Å². The van der Waals surface area contributed by atoms with Gasteiger partial charge in [-0.05, 0) is 18.2 Å². The van der Waals surface area contributed by atoms with E-state index in [1.54, 1.807) is 43.0 Å². The molecule has 0 radical (unpaired) electrons. The maximum Gasteiger partial charge on any atom is 0.276 e. The molecule has 2 aromatic heterocycles. The van der Waals surface area contributed by atoms with Gasteiger partial charge in [-0.1, -0.05) is 40.0 Å². The van der Waals surface area contributed by atoms with Gasteiger partial charge in [-0.25, -0.2) is 0 Å². The van der Waals surface area contributed by atoms with E-state index >= 15 is 0 Å². The molecule has 3 aromatic rings. The molecular weight excluding hydrogens is 387 g/mol. The van der Waals surface area contributed by atoms with Gasteiger partial charge < -0.3 is 9.42 Å². The summed E-state index contributed by atoms with van der Waals surface area (Å²) in [6.45, 7) is 0.290. The molecule has 0 saturated carbocycles. The van der Waals surface area contributed by atoms with E-state index in [0.717, 1.165) is 5.69 Å². The number of nitrogens with zero attached hydrogens (tertiary/aromatic N) is 4. The lowest BCUT2D eigenvalue weighted by atomic mass is 10.1. The predicted molar refractivity (Wildman–Crippen MR) is 96.0 cm³/mol. The Morgan fingerprint density at radius 3 is 2.64 bits per heavy atom. The molecule has 0 aliphatic rings. The van der Waals surface area contributed by atoms with Gasteiger partial charge in [0.15, 0.2) is 11.5 Å². The quantitative estimate of drug-likeness (QED) is 0.656. The van der Waals surface area contributed by atoms with Gasteiger partial charge in [-0.15, -0.1) is 0 Å². The minimum absolute atomic E-state index is 0.168. The summed E-state index contributed by atoms with van der Waals surface area (Å²) in [6, 6.07) is 6.53. The van der Waals surface area contributed by atoms with Crippen LogP contribution in [0.3, 0.4) is 0 Å². The van der Waals surface area contributed by atoms with Crippen molar-refractivity contribution in [3.8, 4) is 11.3 Å². The van der Waals surface area contributed by atoms with Gasteiger partial charge in [-0.2, -0.15) is 5.10 Å². The van der Waals surface area contributed by atoms with Crippen LogP contribution in [0.15, 0.2) is 35.0 Å². The molecule has 6 nitrogen and oxygen atoms in total. The van der Waals surface area contributed by atoms with Crippen LogP contribution in [0.4, 0.5) is 0 Å². The van der Waals surface area contributed by atoms with E-state index in [0.29, 0.717) is 26.4 Å². The molecule has 1 amide bonds. The first-order valence-corrected chi connectivity index (χ1v) is 8.34. The highest BCUT2D eigenvalue weighted by atomic mass is 35.5. The monoisotopic (exact) mass is 398 g/mol. The maximum atomic E-state index is 12.6. The Morgan fingerprint density at radius 1 is 1.24 bits per heavy atom. The molecule has 0 bridgehead atoms. The third-order valence-electron chi connectivity index (χ3n) is 3.67. The van der Waals surface area contributed by atoms with Crippen LogP contribution in [0.25, 0.3) is 11.3 Å². The number of benzene rings is 1. The highest BCUT2D eigenvalue weighted by molar-refractivity contribution is 6.36. The zero-order valence-corrected chi connectivity index (χ0v) is 15.6. The maximum absolute atomic E-state index is 12.6. The van der Waals surface area contributed by atoms with Crippen LogP contribution in [-0.4, -0.2) is 32.8 Å². The van der Waals surface area contributed by atoms with Crippen LogP contribution in [0.2, 0.25) is 15.1 Å². The lowest BCUT2D eigenvalue weighted by Gasteiger charge is -2.15. The Balaban J connectivity index is 1.80. The minimum atomic E-state index is -0.308. The van der Waals surface area contributed by atoms with Crippen molar-refractivity contribution in [3.05, 3.63) is 56.9 Å². The summed E-state index contributed by atoms with van der Waals surface area (Å²) in [6.07, 6.45) is 1.53. The van der Waals surface area contributed by atoms with Crippen LogP contribution >= 0.6 is 34.8 Å². The van der Waals surface area contributed by atoms with Crippen molar-refractivity contribution in [2.75, 3.05) is 7.05 Å². The first kappa shape index (κ1) is 17.8. The van der Waals surface area contributed by atoms with Gasteiger partial charge >= 0.3 is 0 Å². The second-order valence-electron chi connectivity index (χ2n) is 5.42. The van der Waals surface area contributed by atoms with Crippen LogP contribution < -0.4 is 0 Å².